The van der Waals surface area contributed by atoms with E-state index in [1.165, 1.54) is 0 Å². The van der Waals surface area contributed by atoms with Gasteiger partial charge in [0.05, 0.1) is 17.6 Å². The van der Waals surface area contributed by atoms with Crippen LogP contribution in [0.4, 0.5) is 0 Å². The van der Waals surface area contributed by atoms with Crippen LogP contribution >= 0.6 is 0 Å². The van der Waals surface area contributed by atoms with Crippen molar-refractivity contribution in [1.82, 2.24) is 5.32 Å². The monoisotopic (exact) mass is 200 g/mol. The zero-order chi connectivity index (χ0) is 9.53. The molecule has 2 fully saturated rings. The summed E-state index contributed by atoms with van der Waals surface area (Å²) in [6.07, 6.45) is 2.59. The topological polar surface area (TPSA) is 70.0 Å². The van der Waals surface area contributed by atoms with Gasteiger partial charge in [0.15, 0.2) is 9.84 Å². The summed E-state index contributed by atoms with van der Waals surface area (Å²) in [7, 11) is -2.97. The molecule has 72 valence electrons. The molecule has 1 N–H and O–H groups in total. The quantitative estimate of drug-likeness (QED) is 0.671. The maximum absolute atomic E-state index is 11.2. The number of rotatable bonds is 2. The Labute approximate surface area is 77.9 Å². The van der Waals surface area contributed by atoms with Gasteiger partial charge < -0.3 is 0 Å². The second kappa shape index (κ2) is 2.69. The lowest BCUT2D eigenvalue weighted by atomic mass is 10.0. The summed E-state index contributed by atoms with van der Waals surface area (Å²) in [6, 6.07) is 2.50. The van der Waals surface area contributed by atoms with Gasteiger partial charge in [0.25, 0.3) is 0 Å². The number of sulfone groups is 1. The smallest absolute Gasteiger partial charge is 0.153 e. The maximum Gasteiger partial charge on any atom is 0.153 e. The normalized spacial score (nSPS) is 37.2. The molecule has 0 spiro atoms. The molecule has 1 aliphatic carbocycles. The van der Waals surface area contributed by atoms with E-state index in [0.29, 0.717) is 12.5 Å². The average molecular weight is 200 g/mol. The van der Waals surface area contributed by atoms with Gasteiger partial charge in [0, 0.05) is 6.04 Å². The SMILES string of the molecule is N#CC1(NC2CC2)CCS(=O)(=O)C1. The van der Waals surface area contributed by atoms with E-state index in [1.54, 1.807) is 0 Å². The Morgan fingerprint density at radius 3 is 2.54 bits per heavy atom. The Morgan fingerprint density at radius 2 is 2.15 bits per heavy atom. The molecule has 2 rings (SSSR count). The van der Waals surface area contributed by atoms with Crippen LogP contribution in [0.2, 0.25) is 0 Å². The zero-order valence-electron chi connectivity index (χ0n) is 7.28. The first kappa shape index (κ1) is 8.97. The van der Waals surface area contributed by atoms with Gasteiger partial charge in [-0.25, -0.2) is 8.42 Å². The fourth-order valence-corrected chi connectivity index (χ4v) is 3.55. The van der Waals surface area contributed by atoms with Crippen molar-refractivity contribution in [3.8, 4) is 6.07 Å². The third-order valence-electron chi connectivity index (χ3n) is 2.58. The minimum Gasteiger partial charge on any atom is -0.296 e. The Kier molecular flexibility index (Phi) is 1.86. The van der Waals surface area contributed by atoms with Gasteiger partial charge >= 0.3 is 0 Å². The largest absolute Gasteiger partial charge is 0.296 e. The predicted molar refractivity (Wildman–Crippen MR) is 47.8 cm³/mol. The molecule has 0 aromatic carbocycles. The molecule has 1 saturated heterocycles. The minimum absolute atomic E-state index is 0.00694. The highest BCUT2D eigenvalue weighted by Crippen LogP contribution is 2.29. The Balaban J connectivity index is 2.13. The first-order chi connectivity index (χ1) is 6.05. The molecule has 5 heteroatoms. The molecule has 1 saturated carbocycles. The van der Waals surface area contributed by atoms with Crippen LogP contribution in [0.25, 0.3) is 0 Å². The second-order valence-electron chi connectivity index (χ2n) is 3.95. The summed E-state index contributed by atoms with van der Waals surface area (Å²) in [6.45, 7) is 0. The van der Waals surface area contributed by atoms with Crippen molar-refractivity contribution in [3.05, 3.63) is 0 Å². The van der Waals surface area contributed by atoms with Crippen LogP contribution in [0, 0.1) is 11.3 Å². The van der Waals surface area contributed by atoms with Gasteiger partial charge in [-0.15, -0.1) is 0 Å². The predicted octanol–water partition coefficient (Wildman–Crippen LogP) is -0.181. The number of hydrogen-bond acceptors (Lipinski definition) is 4. The highest BCUT2D eigenvalue weighted by atomic mass is 32.2. The van der Waals surface area contributed by atoms with Gasteiger partial charge in [0.1, 0.15) is 5.54 Å². The van der Waals surface area contributed by atoms with Crippen molar-refractivity contribution in [3.63, 3.8) is 0 Å². The number of nitrogens with one attached hydrogen (secondary N) is 1. The van der Waals surface area contributed by atoms with E-state index in [4.69, 9.17) is 5.26 Å². The van der Waals surface area contributed by atoms with Gasteiger partial charge in [-0.3, -0.25) is 5.32 Å². The lowest BCUT2D eigenvalue weighted by Gasteiger charge is -2.19. The molecule has 2 aliphatic rings. The molecular formula is C8H12N2O2S. The van der Waals surface area contributed by atoms with Crippen molar-refractivity contribution >= 4 is 9.84 Å². The summed E-state index contributed by atoms with van der Waals surface area (Å²) >= 11 is 0. The van der Waals surface area contributed by atoms with Gasteiger partial charge in [-0.1, -0.05) is 0 Å². The molecule has 1 heterocycles. The van der Waals surface area contributed by atoms with E-state index in [-0.39, 0.29) is 11.5 Å². The highest BCUT2D eigenvalue weighted by molar-refractivity contribution is 7.91. The van der Waals surface area contributed by atoms with Gasteiger partial charge in [0.2, 0.25) is 0 Å². The van der Waals surface area contributed by atoms with Gasteiger partial charge in [-0.05, 0) is 19.3 Å². The van der Waals surface area contributed by atoms with E-state index in [0.717, 1.165) is 12.8 Å². The molecule has 0 aromatic rings. The fraction of sp³-hybridized carbons (Fsp3) is 0.875. The van der Waals surface area contributed by atoms with E-state index in [2.05, 4.69) is 11.4 Å². The van der Waals surface area contributed by atoms with E-state index in [9.17, 15) is 8.42 Å². The Bertz CT molecular complexity index is 353. The van der Waals surface area contributed by atoms with E-state index in [1.807, 2.05) is 0 Å². The average Bonchev–Trinajstić information content (AvgIpc) is 2.78. The number of hydrogen-bond donors (Lipinski definition) is 1. The van der Waals surface area contributed by atoms with Crippen LogP contribution in [0.1, 0.15) is 19.3 Å². The Morgan fingerprint density at radius 1 is 1.46 bits per heavy atom. The summed E-state index contributed by atoms with van der Waals surface area (Å²) in [5.41, 5.74) is -0.778. The van der Waals surface area contributed by atoms with Crippen molar-refractivity contribution in [1.29, 1.82) is 5.26 Å². The van der Waals surface area contributed by atoms with Crippen LogP contribution in [0.15, 0.2) is 0 Å². The molecule has 1 unspecified atom stereocenters. The molecular weight excluding hydrogens is 188 g/mol. The van der Waals surface area contributed by atoms with Crippen molar-refractivity contribution < 1.29 is 8.42 Å². The van der Waals surface area contributed by atoms with Crippen molar-refractivity contribution in [2.24, 2.45) is 0 Å². The molecule has 0 amide bonds. The second-order valence-corrected chi connectivity index (χ2v) is 6.14. The van der Waals surface area contributed by atoms with Crippen molar-refractivity contribution in [2.75, 3.05) is 11.5 Å². The third kappa shape index (κ3) is 1.84. The van der Waals surface area contributed by atoms with Crippen molar-refractivity contribution in [2.45, 2.75) is 30.8 Å². The third-order valence-corrected chi connectivity index (χ3v) is 4.34. The molecule has 13 heavy (non-hydrogen) atoms. The van der Waals surface area contributed by atoms with Crippen LogP contribution in [-0.4, -0.2) is 31.5 Å². The summed E-state index contributed by atoms with van der Waals surface area (Å²) in [4.78, 5) is 0. The summed E-state index contributed by atoms with van der Waals surface area (Å²) in [5, 5.41) is 12.1. The van der Waals surface area contributed by atoms with E-state index < -0.39 is 15.4 Å². The van der Waals surface area contributed by atoms with E-state index >= 15 is 0 Å². The Hall–Kier alpha value is -0.600. The highest BCUT2D eigenvalue weighted by Gasteiger charge is 2.45. The molecule has 0 radical (unpaired) electrons. The summed E-state index contributed by atoms with van der Waals surface area (Å²) < 4.78 is 22.4. The minimum atomic E-state index is -2.97. The molecule has 1 aliphatic heterocycles. The fourth-order valence-electron chi connectivity index (χ4n) is 1.70. The molecule has 4 nitrogen and oxygen atoms in total. The maximum atomic E-state index is 11.2. The number of nitriles is 1. The first-order valence-corrected chi connectivity index (χ1v) is 6.27. The lowest BCUT2D eigenvalue weighted by Crippen LogP contribution is -2.46. The molecule has 0 aromatic heterocycles. The number of nitrogens with zero attached hydrogens (tertiary/aromatic N) is 1. The summed E-state index contributed by atoms with van der Waals surface area (Å²) in [5.74, 6) is 0.146. The first-order valence-electron chi connectivity index (χ1n) is 4.45. The molecule has 0 bridgehead atoms. The van der Waals surface area contributed by atoms with Gasteiger partial charge in [-0.2, -0.15) is 5.26 Å². The van der Waals surface area contributed by atoms with Crippen LogP contribution in [0.3, 0.4) is 0 Å². The lowest BCUT2D eigenvalue weighted by molar-refractivity contribution is 0.452. The van der Waals surface area contributed by atoms with Crippen LogP contribution in [-0.2, 0) is 9.84 Å². The standard InChI is InChI=1S/C8H12N2O2S/c9-5-8(10-7-1-2-7)3-4-13(11,12)6-8/h7,10H,1-4,6H2. The van der Waals surface area contributed by atoms with Crippen LogP contribution < -0.4 is 5.32 Å². The van der Waals surface area contributed by atoms with Crippen LogP contribution in [0.5, 0.6) is 0 Å². The molecule has 1 atom stereocenters. The zero-order valence-corrected chi connectivity index (χ0v) is 8.10.